The van der Waals surface area contributed by atoms with Gasteiger partial charge in [-0.15, -0.1) is 0 Å². The molecule has 0 saturated heterocycles. The van der Waals surface area contributed by atoms with E-state index in [1.807, 2.05) is 43.3 Å². The van der Waals surface area contributed by atoms with Crippen molar-refractivity contribution in [3.63, 3.8) is 0 Å². The number of rotatable bonds is 7. The Morgan fingerprint density at radius 1 is 1.27 bits per heavy atom. The largest absolute Gasteiger partial charge is 0.469 e. The van der Waals surface area contributed by atoms with Gasteiger partial charge in [-0.2, -0.15) is 0 Å². The number of aliphatic imine (C=N–C) groups is 1. The third-order valence-electron chi connectivity index (χ3n) is 4.79. The van der Waals surface area contributed by atoms with Crippen LogP contribution in [0.5, 0.6) is 0 Å². The van der Waals surface area contributed by atoms with Gasteiger partial charge in [-0.25, -0.2) is 0 Å². The number of nitrogens with zero attached hydrogens (tertiary/aromatic N) is 1. The van der Waals surface area contributed by atoms with Crippen LogP contribution in [0.3, 0.4) is 0 Å². The maximum Gasteiger partial charge on any atom is 0.191 e. The molecule has 5 nitrogen and oxygen atoms in total. The van der Waals surface area contributed by atoms with E-state index in [4.69, 9.17) is 4.42 Å². The third kappa shape index (κ3) is 5.63. The number of hydrogen-bond donors (Lipinski definition) is 3. The van der Waals surface area contributed by atoms with Crippen LogP contribution in [-0.2, 0) is 6.42 Å². The van der Waals surface area contributed by atoms with Gasteiger partial charge in [0.25, 0.3) is 0 Å². The molecule has 1 fully saturated rings. The van der Waals surface area contributed by atoms with Gasteiger partial charge in [-0.3, -0.25) is 4.99 Å². The number of aliphatic hydroxyl groups excluding tert-OH is 1. The Morgan fingerprint density at radius 3 is 2.85 bits per heavy atom. The molecule has 1 heterocycles. The molecule has 1 aliphatic carbocycles. The van der Waals surface area contributed by atoms with Gasteiger partial charge in [0.15, 0.2) is 5.96 Å². The van der Waals surface area contributed by atoms with Crippen LogP contribution in [-0.4, -0.2) is 30.2 Å². The SMILES string of the molecule is Cc1cccc(C(O)CN=C(NCCc2ccco2)NC2CCCC2)c1. The maximum atomic E-state index is 10.5. The number of aliphatic hydroxyl groups is 1. The van der Waals surface area contributed by atoms with Crippen molar-refractivity contribution in [1.29, 1.82) is 0 Å². The van der Waals surface area contributed by atoms with Gasteiger partial charge < -0.3 is 20.2 Å². The van der Waals surface area contributed by atoms with E-state index in [0.29, 0.717) is 12.6 Å². The van der Waals surface area contributed by atoms with Gasteiger partial charge in [0, 0.05) is 19.0 Å². The molecule has 140 valence electrons. The van der Waals surface area contributed by atoms with E-state index in [9.17, 15) is 5.11 Å². The Kier molecular flexibility index (Phi) is 6.72. The number of benzene rings is 1. The Bertz CT molecular complexity index is 691. The van der Waals surface area contributed by atoms with E-state index in [1.165, 1.54) is 25.7 Å². The molecule has 2 aromatic rings. The van der Waals surface area contributed by atoms with Crippen molar-refractivity contribution >= 4 is 5.96 Å². The molecule has 1 aromatic heterocycles. The zero-order valence-electron chi connectivity index (χ0n) is 15.4. The van der Waals surface area contributed by atoms with Crippen LogP contribution in [0.25, 0.3) is 0 Å². The molecule has 5 heteroatoms. The van der Waals surface area contributed by atoms with Crippen LogP contribution in [0.15, 0.2) is 52.1 Å². The Balaban J connectivity index is 1.58. The zero-order chi connectivity index (χ0) is 18.2. The Morgan fingerprint density at radius 2 is 2.12 bits per heavy atom. The van der Waals surface area contributed by atoms with E-state index >= 15 is 0 Å². The molecule has 0 spiro atoms. The van der Waals surface area contributed by atoms with Gasteiger partial charge in [-0.05, 0) is 37.5 Å². The van der Waals surface area contributed by atoms with Gasteiger partial charge in [0.05, 0.1) is 18.9 Å². The van der Waals surface area contributed by atoms with Crippen molar-refractivity contribution in [3.05, 3.63) is 59.5 Å². The second-order valence-electron chi connectivity index (χ2n) is 7.00. The van der Waals surface area contributed by atoms with Crippen molar-refractivity contribution in [1.82, 2.24) is 10.6 Å². The van der Waals surface area contributed by atoms with Crippen LogP contribution < -0.4 is 10.6 Å². The lowest BCUT2D eigenvalue weighted by atomic mass is 10.1. The molecule has 3 N–H and O–H groups in total. The minimum Gasteiger partial charge on any atom is -0.469 e. The van der Waals surface area contributed by atoms with Crippen molar-refractivity contribution in [2.24, 2.45) is 4.99 Å². The molecule has 0 bridgehead atoms. The fourth-order valence-corrected chi connectivity index (χ4v) is 3.34. The quantitative estimate of drug-likeness (QED) is 0.526. The topological polar surface area (TPSA) is 69.8 Å². The maximum absolute atomic E-state index is 10.5. The number of aryl methyl sites for hydroxylation is 1. The second kappa shape index (κ2) is 9.43. The minimum atomic E-state index is -0.595. The first-order valence-corrected chi connectivity index (χ1v) is 9.52. The number of nitrogens with one attached hydrogen (secondary N) is 2. The predicted octanol–water partition coefficient (Wildman–Crippen LogP) is 3.34. The molecule has 1 unspecified atom stereocenters. The van der Waals surface area contributed by atoms with Crippen LogP contribution >= 0.6 is 0 Å². The average Bonchev–Trinajstić information content (AvgIpc) is 3.33. The Hall–Kier alpha value is -2.27. The number of hydrogen-bond acceptors (Lipinski definition) is 3. The highest BCUT2D eigenvalue weighted by atomic mass is 16.3. The third-order valence-corrected chi connectivity index (χ3v) is 4.79. The average molecular weight is 355 g/mol. The predicted molar refractivity (Wildman–Crippen MR) is 104 cm³/mol. The van der Waals surface area contributed by atoms with E-state index < -0.39 is 6.10 Å². The Labute approximate surface area is 155 Å². The first-order chi connectivity index (χ1) is 12.7. The molecule has 3 rings (SSSR count). The molecule has 0 amide bonds. The van der Waals surface area contributed by atoms with E-state index in [0.717, 1.165) is 35.8 Å². The van der Waals surface area contributed by atoms with Gasteiger partial charge in [0.2, 0.25) is 0 Å². The van der Waals surface area contributed by atoms with Crippen molar-refractivity contribution < 1.29 is 9.52 Å². The van der Waals surface area contributed by atoms with Gasteiger partial charge in [-0.1, -0.05) is 42.7 Å². The smallest absolute Gasteiger partial charge is 0.191 e. The lowest BCUT2D eigenvalue weighted by Crippen LogP contribution is -2.43. The summed E-state index contributed by atoms with van der Waals surface area (Å²) < 4.78 is 5.38. The normalized spacial score (nSPS) is 16.6. The molecule has 1 atom stereocenters. The van der Waals surface area contributed by atoms with Crippen molar-refractivity contribution in [2.45, 2.75) is 51.2 Å². The van der Waals surface area contributed by atoms with Crippen LogP contribution in [0, 0.1) is 6.92 Å². The van der Waals surface area contributed by atoms with Crippen LogP contribution in [0.1, 0.15) is 48.7 Å². The molecular formula is C21H29N3O2. The standard InChI is InChI=1S/C21H29N3O2/c1-16-6-4-7-17(14-16)20(25)15-23-21(24-18-8-2-3-9-18)22-12-11-19-10-5-13-26-19/h4-7,10,13-14,18,20,25H,2-3,8-9,11-12,15H2,1H3,(H2,22,23,24). The summed E-state index contributed by atoms with van der Waals surface area (Å²) in [6.07, 6.45) is 6.80. The summed E-state index contributed by atoms with van der Waals surface area (Å²) in [4.78, 5) is 4.63. The van der Waals surface area contributed by atoms with E-state index in [1.54, 1.807) is 6.26 Å². The zero-order valence-corrected chi connectivity index (χ0v) is 15.4. The fourth-order valence-electron chi connectivity index (χ4n) is 3.34. The van der Waals surface area contributed by atoms with Crippen molar-refractivity contribution in [3.8, 4) is 0 Å². The minimum absolute atomic E-state index is 0.340. The summed E-state index contributed by atoms with van der Waals surface area (Å²) in [5.41, 5.74) is 2.05. The number of guanidine groups is 1. The highest BCUT2D eigenvalue weighted by Crippen LogP contribution is 2.18. The lowest BCUT2D eigenvalue weighted by Gasteiger charge is -2.18. The molecule has 0 radical (unpaired) electrons. The molecule has 1 saturated carbocycles. The summed E-state index contributed by atoms with van der Waals surface area (Å²) in [6.45, 7) is 3.11. The number of furan rings is 1. The molecule has 26 heavy (non-hydrogen) atoms. The van der Waals surface area contributed by atoms with E-state index in [-0.39, 0.29) is 0 Å². The molecule has 1 aromatic carbocycles. The lowest BCUT2D eigenvalue weighted by molar-refractivity contribution is 0.187. The van der Waals surface area contributed by atoms with Crippen LogP contribution in [0.4, 0.5) is 0 Å². The van der Waals surface area contributed by atoms with E-state index in [2.05, 4.69) is 15.6 Å². The summed E-state index contributed by atoms with van der Waals surface area (Å²) in [5.74, 6) is 1.73. The fraction of sp³-hybridized carbons (Fsp3) is 0.476. The second-order valence-corrected chi connectivity index (χ2v) is 7.00. The summed E-state index contributed by atoms with van der Waals surface area (Å²) in [7, 11) is 0. The summed E-state index contributed by atoms with van der Waals surface area (Å²) >= 11 is 0. The first kappa shape index (κ1) is 18.5. The van der Waals surface area contributed by atoms with Crippen LogP contribution in [0.2, 0.25) is 0 Å². The molecule has 1 aliphatic rings. The highest BCUT2D eigenvalue weighted by Gasteiger charge is 2.16. The van der Waals surface area contributed by atoms with Gasteiger partial charge >= 0.3 is 0 Å². The molecular weight excluding hydrogens is 326 g/mol. The van der Waals surface area contributed by atoms with Gasteiger partial charge in [0.1, 0.15) is 5.76 Å². The summed E-state index contributed by atoms with van der Waals surface area (Å²) in [6, 6.07) is 12.3. The first-order valence-electron chi connectivity index (χ1n) is 9.52. The highest BCUT2D eigenvalue weighted by molar-refractivity contribution is 5.80. The molecule has 0 aliphatic heterocycles. The summed E-state index contributed by atoms with van der Waals surface area (Å²) in [5, 5.41) is 17.3. The van der Waals surface area contributed by atoms with Crippen molar-refractivity contribution in [2.75, 3.05) is 13.1 Å². The monoisotopic (exact) mass is 355 g/mol.